The van der Waals surface area contributed by atoms with Crippen molar-refractivity contribution in [2.45, 2.75) is 25.6 Å². The third kappa shape index (κ3) is 5.30. The molecule has 0 aromatic carbocycles. The number of hydrogen-bond acceptors (Lipinski definition) is 5. The molecule has 1 aromatic rings. The maximum Gasteiger partial charge on any atom is 0.573 e. The first kappa shape index (κ1) is 17.4. The molecular weight excluding hydrogens is 315 g/mol. The van der Waals surface area contributed by atoms with Gasteiger partial charge >= 0.3 is 12.3 Å². The number of carbonyl (C=O) groups is 1. The van der Waals surface area contributed by atoms with Crippen molar-refractivity contribution in [1.29, 1.82) is 0 Å². The molecule has 0 radical (unpaired) electrons. The average Bonchev–Trinajstić information content (AvgIpc) is 2.39. The second-order valence-electron chi connectivity index (χ2n) is 3.76. The Hall–Kier alpha value is -1.70. The van der Waals surface area contributed by atoms with Crippen LogP contribution in [-0.4, -0.2) is 31.0 Å². The topological polar surface area (TPSA) is 57.7 Å². The molecule has 0 bridgehead atoms. The van der Waals surface area contributed by atoms with Crippen LogP contribution in [0.2, 0.25) is 0 Å². The lowest BCUT2D eigenvalue weighted by atomic mass is 10.1. The van der Waals surface area contributed by atoms with Crippen molar-refractivity contribution in [1.82, 2.24) is 4.98 Å². The number of carbonyl (C=O) groups excluding carboxylic acids is 1. The van der Waals surface area contributed by atoms with Gasteiger partial charge in [-0.1, -0.05) is 0 Å². The largest absolute Gasteiger partial charge is 0.573 e. The summed E-state index contributed by atoms with van der Waals surface area (Å²) in [5.74, 6) is -1.57. The molecule has 0 aliphatic carbocycles. The normalized spacial score (nSPS) is 11.1. The third-order valence-electron chi connectivity index (χ3n) is 2.28. The summed E-state index contributed by atoms with van der Waals surface area (Å²) in [4.78, 5) is 15.3. The van der Waals surface area contributed by atoms with Crippen molar-refractivity contribution in [3.8, 4) is 11.6 Å². The van der Waals surface area contributed by atoms with Gasteiger partial charge in [-0.2, -0.15) is 0 Å². The Bertz CT molecular complexity index is 508. The lowest BCUT2D eigenvalue weighted by molar-refractivity contribution is -0.275. The molecular formula is C12H13ClF3NO4. The lowest BCUT2D eigenvalue weighted by Gasteiger charge is -2.16. The molecule has 0 saturated heterocycles. The lowest BCUT2D eigenvalue weighted by Crippen LogP contribution is -2.21. The van der Waals surface area contributed by atoms with Crippen LogP contribution in [0.3, 0.4) is 0 Å². The van der Waals surface area contributed by atoms with Crippen LogP contribution < -0.4 is 9.47 Å². The van der Waals surface area contributed by atoms with Gasteiger partial charge in [-0.3, -0.25) is 4.79 Å². The number of aromatic nitrogens is 1. The molecule has 0 amide bonds. The highest BCUT2D eigenvalue weighted by atomic mass is 35.5. The Morgan fingerprint density at radius 1 is 1.43 bits per heavy atom. The number of nitrogens with zero attached hydrogens (tertiary/aromatic N) is 1. The monoisotopic (exact) mass is 327 g/mol. The summed E-state index contributed by atoms with van der Waals surface area (Å²) in [5, 5.41) is 0. The highest BCUT2D eigenvalue weighted by molar-refractivity contribution is 6.17. The van der Waals surface area contributed by atoms with E-state index in [-0.39, 0.29) is 29.6 Å². The molecule has 0 aliphatic heterocycles. The Kier molecular flexibility index (Phi) is 6.07. The van der Waals surface area contributed by atoms with E-state index < -0.39 is 24.5 Å². The van der Waals surface area contributed by atoms with Crippen molar-refractivity contribution in [3.63, 3.8) is 0 Å². The summed E-state index contributed by atoms with van der Waals surface area (Å²) in [5.41, 5.74) is -0.235. The van der Waals surface area contributed by atoms with Gasteiger partial charge in [-0.25, -0.2) is 4.98 Å². The van der Waals surface area contributed by atoms with Gasteiger partial charge in [0.1, 0.15) is 0 Å². The fourth-order valence-corrected chi connectivity index (χ4v) is 1.73. The zero-order valence-corrected chi connectivity index (χ0v) is 12.0. The van der Waals surface area contributed by atoms with E-state index in [2.05, 4.69) is 14.5 Å². The highest BCUT2D eigenvalue weighted by Crippen LogP contribution is 2.33. The molecule has 0 fully saturated rings. The van der Waals surface area contributed by atoms with E-state index in [1.807, 2.05) is 0 Å². The van der Waals surface area contributed by atoms with Crippen LogP contribution in [0, 0.1) is 0 Å². The van der Waals surface area contributed by atoms with E-state index in [9.17, 15) is 18.0 Å². The first-order valence-corrected chi connectivity index (χ1v) is 6.38. The van der Waals surface area contributed by atoms with Gasteiger partial charge in [0.25, 0.3) is 0 Å². The molecule has 21 heavy (non-hydrogen) atoms. The summed E-state index contributed by atoms with van der Waals surface area (Å²) in [6.45, 7) is 1.68. The summed E-state index contributed by atoms with van der Waals surface area (Å²) in [6, 6.07) is 1.21. The van der Waals surface area contributed by atoms with E-state index in [0.717, 1.165) is 0 Å². The summed E-state index contributed by atoms with van der Waals surface area (Å²) in [7, 11) is 1.29. The molecule has 0 saturated carbocycles. The summed E-state index contributed by atoms with van der Waals surface area (Å²) in [6.07, 6.45) is -5.42. The number of alkyl halides is 4. The van der Waals surface area contributed by atoms with Crippen LogP contribution in [-0.2, 0) is 21.8 Å². The van der Waals surface area contributed by atoms with E-state index >= 15 is 0 Å². The quantitative estimate of drug-likeness (QED) is 0.594. The predicted molar refractivity (Wildman–Crippen MR) is 67.4 cm³/mol. The van der Waals surface area contributed by atoms with Gasteiger partial charge in [0.2, 0.25) is 5.88 Å². The van der Waals surface area contributed by atoms with Crippen molar-refractivity contribution >= 4 is 17.6 Å². The fraction of sp³-hybridized carbons (Fsp3) is 0.500. The Morgan fingerprint density at radius 2 is 2.10 bits per heavy atom. The Morgan fingerprint density at radius 3 is 2.57 bits per heavy atom. The van der Waals surface area contributed by atoms with Crippen LogP contribution >= 0.6 is 11.6 Å². The SMILES string of the molecule is CCOC(=O)Cc1nc(OC)cc(CCl)c1OC(F)(F)F. The fourth-order valence-electron chi connectivity index (χ4n) is 1.53. The molecule has 1 heterocycles. The first-order valence-electron chi connectivity index (χ1n) is 5.84. The molecule has 1 aromatic heterocycles. The maximum absolute atomic E-state index is 12.5. The average molecular weight is 328 g/mol. The van der Waals surface area contributed by atoms with Crippen molar-refractivity contribution in [2.24, 2.45) is 0 Å². The van der Waals surface area contributed by atoms with Crippen LogP contribution in [0.4, 0.5) is 13.2 Å². The van der Waals surface area contributed by atoms with Gasteiger partial charge in [0.05, 0.1) is 31.7 Å². The summed E-state index contributed by atoms with van der Waals surface area (Å²) < 4.78 is 50.9. The van der Waals surface area contributed by atoms with Gasteiger partial charge < -0.3 is 14.2 Å². The zero-order valence-electron chi connectivity index (χ0n) is 11.3. The third-order valence-corrected chi connectivity index (χ3v) is 2.57. The van der Waals surface area contributed by atoms with Gasteiger partial charge in [0, 0.05) is 11.6 Å². The number of halogens is 4. The number of rotatable bonds is 6. The molecule has 0 atom stereocenters. The highest BCUT2D eigenvalue weighted by Gasteiger charge is 2.34. The maximum atomic E-state index is 12.5. The van der Waals surface area contributed by atoms with E-state index in [1.165, 1.54) is 13.2 Å². The molecule has 118 valence electrons. The van der Waals surface area contributed by atoms with E-state index in [4.69, 9.17) is 16.3 Å². The number of esters is 1. The molecule has 0 spiro atoms. The minimum atomic E-state index is -4.93. The minimum Gasteiger partial charge on any atom is -0.481 e. The van der Waals surface area contributed by atoms with E-state index in [1.54, 1.807) is 6.92 Å². The molecule has 0 unspecified atom stereocenters. The first-order chi connectivity index (χ1) is 9.80. The number of pyridine rings is 1. The standard InChI is InChI=1S/C12H13ClF3NO4/c1-3-20-10(18)5-8-11(21-12(14,15)16)7(6-13)4-9(17-8)19-2/h4H,3,5-6H2,1-2H3. The minimum absolute atomic E-state index is 0.0140. The molecule has 0 N–H and O–H groups in total. The van der Waals surface area contributed by atoms with Crippen molar-refractivity contribution < 1.29 is 32.2 Å². The summed E-state index contributed by atoms with van der Waals surface area (Å²) >= 11 is 5.61. The van der Waals surface area contributed by atoms with Crippen LogP contribution in [0.5, 0.6) is 11.6 Å². The molecule has 1 rings (SSSR count). The second-order valence-corrected chi connectivity index (χ2v) is 4.03. The molecule has 9 heteroatoms. The molecule has 0 aliphatic rings. The number of ether oxygens (including phenoxy) is 3. The van der Waals surface area contributed by atoms with Gasteiger partial charge in [0.15, 0.2) is 5.75 Å². The van der Waals surface area contributed by atoms with Crippen LogP contribution in [0.15, 0.2) is 6.07 Å². The van der Waals surface area contributed by atoms with Crippen LogP contribution in [0.1, 0.15) is 18.2 Å². The Balaban J connectivity index is 3.24. The second kappa shape index (κ2) is 7.35. The zero-order chi connectivity index (χ0) is 16.0. The Labute approximate surface area is 124 Å². The molecule has 5 nitrogen and oxygen atoms in total. The smallest absolute Gasteiger partial charge is 0.481 e. The van der Waals surface area contributed by atoms with Gasteiger partial charge in [-0.15, -0.1) is 24.8 Å². The number of hydrogen-bond donors (Lipinski definition) is 0. The van der Waals surface area contributed by atoms with Crippen molar-refractivity contribution in [3.05, 3.63) is 17.3 Å². The predicted octanol–water partition coefficient (Wildman–Crippen LogP) is 2.83. The van der Waals surface area contributed by atoms with Gasteiger partial charge in [-0.05, 0) is 6.92 Å². The number of methoxy groups -OCH3 is 1. The van der Waals surface area contributed by atoms with Crippen molar-refractivity contribution in [2.75, 3.05) is 13.7 Å². The van der Waals surface area contributed by atoms with Crippen LogP contribution in [0.25, 0.3) is 0 Å². The van der Waals surface area contributed by atoms with E-state index in [0.29, 0.717) is 0 Å².